The normalized spacial score (nSPS) is 22.1. The molecule has 6 nitrogen and oxygen atoms in total. The molecule has 1 N–H and O–H groups in total. The van der Waals surface area contributed by atoms with Gasteiger partial charge in [0, 0.05) is 19.6 Å². The first-order valence-electron chi connectivity index (χ1n) is 7.69. The highest BCUT2D eigenvalue weighted by atomic mass is 16.5. The SMILES string of the molecule is CCCN1CCOC(C(NC)c2cnnn2CCC)C1. The van der Waals surface area contributed by atoms with Crippen LogP contribution in [0.5, 0.6) is 0 Å². The lowest BCUT2D eigenvalue weighted by Crippen LogP contribution is -2.48. The molecule has 0 radical (unpaired) electrons. The number of aryl methyl sites for hydroxylation is 1. The second kappa shape index (κ2) is 7.71. The maximum atomic E-state index is 5.99. The summed E-state index contributed by atoms with van der Waals surface area (Å²) in [5.74, 6) is 0. The molecular formula is C14H27N5O. The van der Waals surface area contributed by atoms with E-state index < -0.39 is 0 Å². The summed E-state index contributed by atoms with van der Waals surface area (Å²) in [5.41, 5.74) is 1.12. The van der Waals surface area contributed by atoms with E-state index in [0.29, 0.717) is 0 Å². The van der Waals surface area contributed by atoms with Gasteiger partial charge in [-0.15, -0.1) is 5.10 Å². The number of nitrogens with one attached hydrogen (secondary N) is 1. The molecule has 0 saturated carbocycles. The van der Waals surface area contributed by atoms with Gasteiger partial charge in [0.1, 0.15) is 0 Å². The molecule has 1 aliphatic rings. The first-order valence-corrected chi connectivity index (χ1v) is 7.69. The highest BCUT2D eigenvalue weighted by Gasteiger charge is 2.30. The summed E-state index contributed by atoms with van der Waals surface area (Å²) in [6, 6.07) is 0.149. The Morgan fingerprint density at radius 3 is 2.90 bits per heavy atom. The molecule has 1 aromatic rings. The van der Waals surface area contributed by atoms with Crippen molar-refractivity contribution in [3.8, 4) is 0 Å². The van der Waals surface area contributed by atoms with Gasteiger partial charge in [-0.3, -0.25) is 4.90 Å². The minimum absolute atomic E-state index is 0.149. The van der Waals surface area contributed by atoms with E-state index in [0.717, 1.165) is 44.9 Å². The van der Waals surface area contributed by atoms with Crippen LogP contribution >= 0.6 is 0 Å². The third kappa shape index (κ3) is 3.56. The average molecular weight is 281 g/mol. The third-order valence-corrected chi connectivity index (χ3v) is 3.80. The lowest BCUT2D eigenvalue weighted by Gasteiger charge is -2.36. The molecule has 1 aliphatic heterocycles. The highest BCUT2D eigenvalue weighted by molar-refractivity contribution is 5.06. The zero-order valence-corrected chi connectivity index (χ0v) is 12.9. The standard InChI is InChI=1S/C14H27N5O/c1-4-6-18-8-9-20-13(11-18)14(15-3)12-10-16-17-19(12)7-5-2/h10,13-15H,4-9,11H2,1-3H3. The van der Waals surface area contributed by atoms with Crippen molar-refractivity contribution in [3.63, 3.8) is 0 Å². The van der Waals surface area contributed by atoms with Crippen molar-refractivity contribution in [3.05, 3.63) is 11.9 Å². The van der Waals surface area contributed by atoms with Crippen LogP contribution in [0.2, 0.25) is 0 Å². The van der Waals surface area contributed by atoms with Crippen LogP contribution < -0.4 is 5.32 Å². The Morgan fingerprint density at radius 1 is 1.40 bits per heavy atom. The fraction of sp³-hybridized carbons (Fsp3) is 0.857. The Bertz CT molecular complexity index is 393. The molecule has 2 rings (SSSR count). The Balaban J connectivity index is 2.08. The number of morpholine rings is 1. The number of rotatable bonds is 7. The smallest absolute Gasteiger partial charge is 0.0912 e. The van der Waals surface area contributed by atoms with Crippen molar-refractivity contribution in [2.24, 2.45) is 0 Å². The quantitative estimate of drug-likeness (QED) is 0.810. The zero-order valence-electron chi connectivity index (χ0n) is 12.9. The first kappa shape index (κ1) is 15.4. The van der Waals surface area contributed by atoms with Crippen molar-refractivity contribution >= 4 is 0 Å². The third-order valence-electron chi connectivity index (χ3n) is 3.80. The number of hydrogen-bond acceptors (Lipinski definition) is 5. The van der Waals surface area contributed by atoms with Crippen molar-refractivity contribution in [1.29, 1.82) is 0 Å². The molecular weight excluding hydrogens is 254 g/mol. The lowest BCUT2D eigenvalue weighted by molar-refractivity contribution is -0.0472. The first-order chi connectivity index (χ1) is 9.80. The number of nitrogens with zero attached hydrogens (tertiary/aromatic N) is 4. The maximum absolute atomic E-state index is 5.99. The van der Waals surface area contributed by atoms with Gasteiger partial charge in [-0.25, -0.2) is 4.68 Å². The largest absolute Gasteiger partial charge is 0.374 e. The highest BCUT2D eigenvalue weighted by Crippen LogP contribution is 2.21. The van der Waals surface area contributed by atoms with Crippen LogP contribution in [0.25, 0.3) is 0 Å². The van der Waals surface area contributed by atoms with E-state index in [9.17, 15) is 0 Å². The monoisotopic (exact) mass is 281 g/mol. The molecule has 0 aromatic carbocycles. The molecule has 0 bridgehead atoms. The van der Waals surface area contributed by atoms with Gasteiger partial charge in [-0.05, 0) is 26.4 Å². The molecule has 0 amide bonds. The molecule has 2 unspecified atom stereocenters. The molecule has 2 atom stereocenters. The number of ether oxygens (including phenoxy) is 1. The van der Waals surface area contributed by atoms with Crippen LogP contribution in [-0.4, -0.2) is 59.3 Å². The van der Waals surface area contributed by atoms with Crippen molar-refractivity contribution in [1.82, 2.24) is 25.2 Å². The molecule has 1 aromatic heterocycles. The summed E-state index contributed by atoms with van der Waals surface area (Å²) in [4.78, 5) is 2.48. The van der Waals surface area contributed by atoms with E-state index in [-0.39, 0.29) is 12.1 Å². The van der Waals surface area contributed by atoms with Gasteiger partial charge in [0.05, 0.1) is 30.6 Å². The Labute approximate surface area is 121 Å². The topological polar surface area (TPSA) is 55.2 Å². The fourth-order valence-corrected chi connectivity index (χ4v) is 2.87. The predicted octanol–water partition coefficient (Wildman–Crippen LogP) is 1.06. The van der Waals surface area contributed by atoms with Gasteiger partial charge in [0.15, 0.2) is 0 Å². The van der Waals surface area contributed by atoms with Crippen LogP contribution in [-0.2, 0) is 11.3 Å². The van der Waals surface area contributed by atoms with Gasteiger partial charge < -0.3 is 10.1 Å². The Hall–Kier alpha value is -0.980. The molecule has 1 saturated heterocycles. The summed E-state index contributed by atoms with van der Waals surface area (Å²) in [7, 11) is 1.98. The van der Waals surface area contributed by atoms with Gasteiger partial charge in [-0.2, -0.15) is 0 Å². The van der Waals surface area contributed by atoms with Crippen LogP contribution in [0.4, 0.5) is 0 Å². The van der Waals surface area contributed by atoms with Gasteiger partial charge in [0.2, 0.25) is 0 Å². The molecule has 1 fully saturated rings. The van der Waals surface area contributed by atoms with Crippen LogP contribution in [0.15, 0.2) is 6.20 Å². The van der Waals surface area contributed by atoms with E-state index in [1.54, 1.807) is 0 Å². The van der Waals surface area contributed by atoms with E-state index in [2.05, 4.69) is 34.4 Å². The van der Waals surface area contributed by atoms with Gasteiger partial charge >= 0.3 is 0 Å². The summed E-state index contributed by atoms with van der Waals surface area (Å²) in [5, 5.41) is 11.6. The van der Waals surface area contributed by atoms with Crippen molar-refractivity contribution in [2.75, 3.05) is 33.3 Å². The molecule has 0 aliphatic carbocycles. The lowest BCUT2D eigenvalue weighted by atomic mass is 10.1. The van der Waals surface area contributed by atoms with Crippen LogP contribution in [0, 0.1) is 0 Å². The fourth-order valence-electron chi connectivity index (χ4n) is 2.87. The summed E-state index contributed by atoms with van der Waals surface area (Å²) >= 11 is 0. The molecule has 6 heteroatoms. The molecule has 2 heterocycles. The number of aromatic nitrogens is 3. The second-order valence-electron chi connectivity index (χ2n) is 5.36. The molecule has 114 valence electrons. The summed E-state index contributed by atoms with van der Waals surface area (Å²) in [6.07, 6.45) is 4.26. The Kier molecular flexibility index (Phi) is 5.94. The molecule has 20 heavy (non-hydrogen) atoms. The summed E-state index contributed by atoms with van der Waals surface area (Å²) in [6.45, 7) is 9.23. The average Bonchev–Trinajstić information content (AvgIpc) is 2.89. The minimum Gasteiger partial charge on any atom is -0.374 e. The van der Waals surface area contributed by atoms with E-state index >= 15 is 0 Å². The van der Waals surface area contributed by atoms with Crippen LogP contribution in [0.3, 0.4) is 0 Å². The second-order valence-corrected chi connectivity index (χ2v) is 5.36. The summed E-state index contributed by atoms with van der Waals surface area (Å²) < 4.78 is 7.98. The maximum Gasteiger partial charge on any atom is 0.0912 e. The number of hydrogen-bond donors (Lipinski definition) is 1. The van der Waals surface area contributed by atoms with E-state index in [4.69, 9.17) is 4.74 Å². The minimum atomic E-state index is 0.149. The van der Waals surface area contributed by atoms with E-state index in [1.807, 2.05) is 17.9 Å². The van der Waals surface area contributed by atoms with Crippen molar-refractivity contribution < 1.29 is 4.74 Å². The Morgan fingerprint density at radius 2 is 2.20 bits per heavy atom. The van der Waals surface area contributed by atoms with Crippen LogP contribution in [0.1, 0.15) is 38.4 Å². The van der Waals surface area contributed by atoms with Gasteiger partial charge in [-0.1, -0.05) is 19.1 Å². The van der Waals surface area contributed by atoms with Gasteiger partial charge in [0.25, 0.3) is 0 Å². The zero-order chi connectivity index (χ0) is 14.4. The molecule has 0 spiro atoms. The van der Waals surface area contributed by atoms with Crippen molar-refractivity contribution in [2.45, 2.75) is 45.4 Å². The predicted molar refractivity (Wildman–Crippen MR) is 78.6 cm³/mol. The number of likely N-dealkylation sites (N-methyl/N-ethyl adjacent to an activating group) is 1. The van der Waals surface area contributed by atoms with E-state index in [1.165, 1.54) is 6.42 Å².